The molecule has 1 aromatic heterocycles. The van der Waals surface area contributed by atoms with Crippen molar-refractivity contribution in [3.63, 3.8) is 0 Å². The lowest BCUT2D eigenvalue weighted by atomic mass is 10.2. The van der Waals surface area contributed by atoms with Crippen LogP contribution in [0.5, 0.6) is 0 Å². The molecule has 162 valence electrons. The Morgan fingerprint density at radius 1 is 1.13 bits per heavy atom. The van der Waals surface area contributed by atoms with Gasteiger partial charge in [0.2, 0.25) is 15.9 Å². The molecule has 1 fully saturated rings. The number of nitrogens with one attached hydrogen (secondary N) is 2. The molecule has 2 N–H and O–H groups in total. The number of rotatable bonds is 9. The Morgan fingerprint density at radius 3 is 2.53 bits per heavy atom. The Hall–Kier alpha value is -2.56. The normalized spacial score (nSPS) is 14.5. The Kier molecular flexibility index (Phi) is 7.72. The number of pyridine rings is 1. The van der Waals surface area contributed by atoms with E-state index in [1.54, 1.807) is 6.20 Å². The van der Waals surface area contributed by atoms with Crippen molar-refractivity contribution in [3.8, 4) is 0 Å². The average molecular weight is 437 g/mol. The Labute approximate surface area is 175 Å². The van der Waals surface area contributed by atoms with Gasteiger partial charge >= 0.3 is 0 Å². The summed E-state index contributed by atoms with van der Waals surface area (Å²) in [5.74, 6) is 0.214. The fraction of sp³-hybridized carbons (Fsp3) is 0.400. The number of hydrogen-bond acceptors (Lipinski definition) is 6. The van der Waals surface area contributed by atoms with Crippen molar-refractivity contribution < 1.29 is 22.3 Å². The summed E-state index contributed by atoms with van der Waals surface area (Å²) in [7, 11) is -3.71. The zero-order valence-electron chi connectivity index (χ0n) is 16.5. The molecule has 1 aromatic carbocycles. The van der Waals surface area contributed by atoms with E-state index in [2.05, 4.69) is 19.9 Å². The first kappa shape index (κ1) is 22.1. The SMILES string of the molecule is O=C(CCCNS(=O)(=O)c1ccc(F)cc1)NCc1ccc(N2CCOCC2)nc1. The summed E-state index contributed by atoms with van der Waals surface area (Å²) >= 11 is 0. The molecule has 0 saturated carbocycles. The first-order valence-electron chi connectivity index (χ1n) is 9.73. The number of sulfonamides is 1. The number of anilines is 1. The zero-order chi connectivity index (χ0) is 21.4. The minimum Gasteiger partial charge on any atom is -0.378 e. The molecule has 3 rings (SSSR count). The van der Waals surface area contributed by atoms with Gasteiger partial charge in [-0.2, -0.15) is 0 Å². The van der Waals surface area contributed by atoms with Crippen molar-refractivity contribution in [2.24, 2.45) is 0 Å². The van der Waals surface area contributed by atoms with E-state index >= 15 is 0 Å². The largest absolute Gasteiger partial charge is 0.378 e. The molecule has 30 heavy (non-hydrogen) atoms. The van der Waals surface area contributed by atoms with Crippen molar-refractivity contribution in [3.05, 3.63) is 54.0 Å². The van der Waals surface area contributed by atoms with Crippen molar-refractivity contribution >= 4 is 21.7 Å². The van der Waals surface area contributed by atoms with Gasteiger partial charge in [0.05, 0.1) is 18.1 Å². The second kappa shape index (κ2) is 10.5. The highest BCUT2D eigenvalue weighted by Gasteiger charge is 2.14. The Morgan fingerprint density at radius 2 is 1.87 bits per heavy atom. The van der Waals surface area contributed by atoms with Gasteiger partial charge in [-0.05, 0) is 42.3 Å². The van der Waals surface area contributed by atoms with Crippen LogP contribution in [0.4, 0.5) is 10.2 Å². The molecule has 2 aromatic rings. The molecule has 0 bridgehead atoms. The molecule has 0 spiro atoms. The van der Waals surface area contributed by atoms with Gasteiger partial charge in [-0.25, -0.2) is 22.5 Å². The Bertz CT molecular complexity index is 930. The number of amides is 1. The maximum absolute atomic E-state index is 12.9. The number of aromatic nitrogens is 1. The third kappa shape index (κ3) is 6.48. The van der Waals surface area contributed by atoms with E-state index in [-0.39, 0.29) is 23.8 Å². The number of halogens is 1. The van der Waals surface area contributed by atoms with E-state index in [0.29, 0.717) is 26.2 Å². The van der Waals surface area contributed by atoms with Gasteiger partial charge < -0.3 is 15.0 Å². The van der Waals surface area contributed by atoms with Gasteiger partial charge in [0.1, 0.15) is 11.6 Å². The number of morpholine rings is 1. The van der Waals surface area contributed by atoms with Crippen molar-refractivity contribution in [1.82, 2.24) is 15.0 Å². The van der Waals surface area contributed by atoms with Crippen LogP contribution in [0.25, 0.3) is 0 Å². The summed E-state index contributed by atoms with van der Waals surface area (Å²) in [6, 6.07) is 8.42. The van der Waals surface area contributed by atoms with E-state index in [1.807, 2.05) is 12.1 Å². The van der Waals surface area contributed by atoms with Crippen LogP contribution in [-0.4, -0.2) is 52.2 Å². The number of nitrogens with zero attached hydrogens (tertiary/aromatic N) is 2. The zero-order valence-corrected chi connectivity index (χ0v) is 17.3. The molecule has 0 aliphatic carbocycles. The smallest absolute Gasteiger partial charge is 0.240 e. The maximum Gasteiger partial charge on any atom is 0.240 e. The quantitative estimate of drug-likeness (QED) is 0.577. The number of hydrogen-bond donors (Lipinski definition) is 2. The summed E-state index contributed by atoms with van der Waals surface area (Å²) in [5, 5.41) is 2.80. The van der Waals surface area contributed by atoms with E-state index in [0.717, 1.165) is 36.6 Å². The number of carbonyl (C=O) groups is 1. The van der Waals surface area contributed by atoms with Crippen LogP contribution in [0.15, 0.2) is 47.5 Å². The molecule has 0 unspecified atom stereocenters. The minimum absolute atomic E-state index is 0.0126. The Balaban J connectivity index is 1.36. The summed E-state index contributed by atoms with van der Waals surface area (Å²) in [6.07, 6.45) is 2.27. The summed E-state index contributed by atoms with van der Waals surface area (Å²) in [4.78, 5) is 18.6. The molecule has 0 radical (unpaired) electrons. The van der Waals surface area contributed by atoms with E-state index in [9.17, 15) is 17.6 Å². The van der Waals surface area contributed by atoms with Gasteiger partial charge in [-0.3, -0.25) is 4.79 Å². The van der Waals surface area contributed by atoms with Crippen molar-refractivity contribution in [2.75, 3.05) is 37.7 Å². The third-order valence-corrected chi connectivity index (χ3v) is 6.11. The molecular weight excluding hydrogens is 411 g/mol. The monoisotopic (exact) mass is 436 g/mol. The van der Waals surface area contributed by atoms with Gasteiger partial charge in [0.15, 0.2) is 0 Å². The van der Waals surface area contributed by atoms with E-state index in [4.69, 9.17) is 4.74 Å². The van der Waals surface area contributed by atoms with Crippen LogP contribution in [0, 0.1) is 5.82 Å². The molecule has 1 saturated heterocycles. The second-order valence-corrected chi connectivity index (χ2v) is 8.62. The molecule has 1 amide bonds. The molecule has 10 heteroatoms. The average Bonchev–Trinajstić information content (AvgIpc) is 2.76. The minimum atomic E-state index is -3.71. The van der Waals surface area contributed by atoms with Crippen molar-refractivity contribution in [2.45, 2.75) is 24.3 Å². The highest BCUT2D eigenvalue weighted by Crippen LogP contribution is 2.13. The number of benzene rings is 1. The van der Waals surface area contributed by atoms with Gasteiger partial charge in [-0.1, -0.05) is 6.07 Å². The summed E-state index contributed by atoms with van der Waals surface area (Å²) in [6.45, 7) is 3.49. The fourth-order valence-electron chi connectivity index (χ4n) is 2.94. The second-order valence-electron chi connectivity index (χ2n) is 6.86. The lowest BCUT2D eigenvalue weighted by Crippen LogP contribution is -2.36. The highest BCUT2D eigenvalue weighted by atomic mass is 32.2. The van der Waals surface area contributed by atoms with Gasteiger partial charge in [-0.15, -0.1) is 0 Å². The topological polar surface area (TPSA) is 101 Å². The molecular formula is C20H25FN4O4S. The maximum atomic E-state index is 12.9. The first-order valence-corrected chi connectivity index (χ1v) is 11.2. The van der Waals surface area contributed by atoms with Crippen LogP contribution >= 0.6 is 0 Å². The molecule has 1 aliphatic heterocycles. The number of carbonyl (C=O) groups excluding carboxylic acids is 1. The first-order chi connectivity index (χ1) is 14.4. The third-order valence-electron chi connectivity index (χ3n) is 4.63. The fourth-order valence-corrected chi connectivity index (χ4v) is 4.02. The highest BCUT2D eigenvalue weighted by molar-refractivity contribution is 7.89. The number of ether oxygens (including phenoxy) is 1. The standard InChI is InChI=1S/C20H25FN4O4S/c21-17-4-6-18(7-5-17)30(27,28)24-9-1-2-20(26)23-15-16-3-8-19(22-14-16)25-10-12-29-13-11-25/h3-8,14,24H,1-2,9-13,15H2,(H,23,26). The predicted octanol–water partition coefficient (Wildman–Crippen LogP) is 1.43. The molecule has 1 aliphatic rings. The molecule has 2 heterocycles. The van der Waals surface area contributed by atoms with Crippen LogP contribution in [0.3, 0.4) is 0 Å². The van der Waals surface area contributed by atoms with Crippen LogP contribution in [-0.2, 0) is 26.1 Å². The van der Waals surface area contributed by atoms with E-state index < -0.39 is 15.8 Å². The lowest BCUT2D eigenvalue weighted by Gasteiger charge is -2.27. The molecule has 0 atom stereocenters. The lowest BCUT2D eigenvalue weighted by molar-refractivity contribution is -0.121. The van der Waals surface area contributed by atoms with Gasteiger partial charge in [0.25, 0.3) is 0 Å². The predicted molar refractivity (Wildman–Crippen MR) is 110 cm³/mol. The summed E-state index contributed by atoms with van der Waals surface area (Å²) < 4.78 is 44.8. The van der Waals surface area contributed by atoms with Gasteiger partial charge in [0, 0.05) is 38.8 Å². The van der Waals surface area contributed by atoms with Crippen LogP contribution in [0.1, 0.15) is 18.4 Å². The molecule has 8 nitrogen and oxygen atoms in total. The van der Waals surface area contributed by atoms with E-state index in [1.165, 1.54) is 12.1 Å². The summed E-state index contributed by atoms with van der Waals surface area (Å²) in [5.41, 5.74) is 0.886. The van der Waals surface area contributed by atoms with Crippen LogP contribution < -0.4 is 14.9 Å². The van der Waals surface area contributed by atoms with Crippen molar-refractivity contribution in [1.29, 1.82) is 0 Å². The van der Waals surface area contributed by atoms with Crippen LogP contribution in [0.2, 0.25) is 0 Å².